The summed E-state index contributed by atoms with van der Waals surface area (Å²) in [5.41, 5.74) is 6.43. The number of nitrogens with two attached hydrogens (primary N) is 1. The largest absolute Gasteiger partial charge is 0.464 e. The molecule has 6 nitrogen and oxygen atoms in total. The standard InChI is InChI=1S/C11H12BrN5O/c1-2-18-11-16-9(13)15-10(17-11)14-8-6-4-3-5-7(8)12/h3-6H,2H2,1H3,(H3,13,14,15,16,17). The first-order chi connectivity index (χ1) is 8.69. The van der Waals surface area contributed by atoms with Crippen molar-refractivity contribution in [2.75, 3.05) is 17.7 Å². The Bertz CT molecular complexity index is 549. The molecule has 0 aliphatic heterocycles. The second-order valence-electron chi connectivity index (χ2n) is 3.34. The Morgan fingerprint density at radius 2 is 2.06 bits per heavy atom. The summed E-state index contributed by atoms with van der Waals surface area (Å²) in [6, 6.07) is 7.84. The summed E-state index contributed by atoms with van der Waals surface area (Å²) in [7, 11) is 0. The predicted octanol–water partition coefficient (Wildman–Crippen LogP) is 2.36. The van der Waals surface area contributed by atoms with E-state index in [1.807, 2.05) is 31.2 Å². The number of anilines is 3. The first-order valence-electron chi connectivity index (χ1n) is 5.35. The lowest BCUT2D eigenvalue weighted by molar-refractivity contribution is 0.312. The van der Waals surface area contributed by atoms with Gasteiger partial charge in [-0.05, 0) is 35.0 Å². The van der Waals surface area contributed by atoms with Crippen molar-refractivity contribution in [2.24, 2.45) is 0 Å². The number of hydrogen-bond donors (Lipinski definition) is 2. The van der Waals surface area contributed by atoms with Crippen LogP contribution in [0.2, 0.25) is 0 Å². The molecule has 0 radical (unpaired) electrons. The number of benzene rings is 1. The molecule has 7 heteroatoms. The zero-order valence-corrected chi connectivity index (χ0v) is 11.3. The van der Waals surface area contributed by atoms with Gasteiger partial charge in [-0.1, -0.05) is 12.1 Å². The molecule has 0 aliphatic carbocycles. The molecule has 0 amide bonds. The van der Waals surface area contributed by atoms with E-state index in [4.69, 9.17) is 10.5 Å². The summed E-state index contributed by atoms with van der Waals surface area (Å²) >= 11 is 3.43. The average molecular weight is 310 g/mol. The van der Waals surface area contributed by atoms with Crippen LogP contribution < -0.4 is 15.8 Å². The number of nitrogen functional groups attached to an aromatic ring is 1. The van der Waals surface area contributed by atoms with Crippen LogP contribution in [-0.2, 0) is 0 Å². The van der Waals surface area contributed by atoms with Crippen LogP contribution >= 0.6 is 15.9 Å². The van der Waals surface area contributed by atoms with Gasteiger partial charge in [-0.15, -0.1) is 0 Å². The molecule has 94 valence electrons. The van der Waals surface area contributed by atoms with Crippen molar-refractivity contribution in [2.45, 2.75) is 6.92 Å². The Morgan fingerprint density at radius 3 is 2.78 bits per heavy atom. The fraction of sp³-hybridized carbons (Fsp3) is 0.182. The van der Waals surface area contributed by atoms with Gasteiger partial charge >= 0.3 is 6.01 Å². The van der Waals surface area contributed by atoms with E-state index in [0.717, 1.165) is 10.2 Å². The van der Waals surface area contributed by atoms with Crippen LogP contribution in [0.1, 0.15) is 6.92 Å². The lowest BCUT2D eigenvalue weighted by Gasteiger charge is -2.08. The smallest absolute Gasteiger partial charge is 0.323 e. The second kappa shape index (κ2) is 5.63. The number of rotatable bonds is 4. The third-order valence-corrected chi connectivity index (χ3v) is 2.72. The fourth-order valence-corrected chi connectivity index (χ4v) is 1.69. The van der Waals surface area contributed by atoms with Crippen molar-refractivity contribution < 1.29 is 4.74 Å². The second-order valence-corrected chi connectivity index (χ2v) is 4.19. The van der Waals surface area contributed by atoms with Crippen LogP contribution in [0.3, 0.4) is 0 Å². The molecule has 0 spiro atoms. The van der Waals surface area contributed by atoms with Gasteiger partial charge in [-0.3, -0.25) is 0 Å². The monoisotopic (exact) mass is 309 g/mol. The number of ether oxygens (including phenoxy) is 1. The number of hydrogen-bond acceptors (Lipinski definition) is 6. The van der Waals surface area contributed by atoms with Crippen molar-refractivity contribution in [1.82, 2.24) is 15.0 Å². The van der Waals surface area contributed by atoms with E-state index in [9.17, 15) is 0 Å². The van der Waals surface area contributed by atoms with Gasteiger partial charge in [0.1, 0.15) is 0 Å². The third kappa shape index (κ3) is 3.07. The summed E-state index contributed by atoms with van der Waals surface area (Å²) in [6.07, 6.45) is 0. The molecule has 18 heavy (non-hydrogen) atoms. The minimum Gasteiger partial charge on any atom is -0.464 e. The van der Waals surface area contributed by atoms with Crippen molar-refractivity contribution in [3.05, 3.63) is 28.7 Å². The van der Waals surface area contributed by atoms with E-state index in [0.29, 0.717) is 12.6 Å². The molecule has 3 N–H and O–H groups in total. The Morgan fingerprint density at radius 1 is 1.28 bits per heavy atom. The van der Waals surface area contributed by atoms with Crippen LogP contribution in [0, 0.1) is 0 Å². The first kappa shape index (κ1) is 12.6. The van der Waals surface area contributed by atoms with E-state index in [1.54, 1.807) is 0 Å². The van der Waals surface area contributed by atoms with Gasteiger partial charge in [0, 0.05) is 4.47 Å². The molecule has 0 atom stereocenters. The summed E-state index contributed by atoms with van der Waals surface area (Å²) in [5.74, 6) is 0.459. The normalized spacial score (nSPS) is 10.1. The summed E-state index contributed by atoms with van der Waals surface area (Å²) in [5, 5.41) is 3.04. The van der Waals surface area contributed by atoms with Gasteiger partial charge in [0.15, 0.2) is 0 Å². The van der Waals surface area contributed by atoms with Gasteiger partial charge < -0.3 is 15.8 Å². The lowest BCUT2D eigenvalue weighted by atomic mass is 10.3. The van der Waals surface area contributed by atoms with Gasteiger partial charge in [-0.2, -0.15) is 15.0 Å². The van der Waals surface area contributed by atoms with Crippen LogP contribution in [0.25, 0.3) is 0 Å². The maximum Gasteiger partial charge on any atom is 0.323 e. The van der Waals surface area contributed by atoms with E-state index in [-0.39, 0.29) is 12.0 Å². The molecule has 1 heterocycles. The van der Waals surface area contributed by atoms with Gasteiger partial charge in [0.05, 0.1) is 12.3 Å². The first-order valence-corrected chi connectivity index (χ1v) is 6.14. The predicted molar refractivity (Wildman–Crippen MR) is 72.8 cm³/mol. The Kier molecular flexibility index (Phi) is 3.93. The zero-order valence-electron chi connectivity index (χ0n) is 9.72. The van der Waals surface area contributed by atoms with Crippen LogP contribution in [0.15, 0.2) is 28.7 Å². The Labute approximate surface area is 113 Å². The number of nitrogens with one attached hydrogen (secondary N) is 1. The quantitative estimate of drug-likeness (QED) is 0.901. The van der Waals surface area contributed by atoms with Gasteiger partial charge in [0.25, 0.3) is 0 Å². The van der Waals surface area contributed by atoms with Crippen molar-refractivity contribution in [1.29, 1.82) is 0 Å². The highest BCUT2D eigenvalue weighted by Crippen LogP contribution is 2.24. The highest BCUT2D eigenvalue weighted by molar-refractivity contribution is 9.10. The molecule has 0 unspecified atom stereocenters. The van der Waals surface area contributed by atoms with Crippen LogP contribution in [0.4, 0.5) is 17.6 Å². The van der Waals surface area contributed by atoms with Gasteiger partial charge in [-0.25, -0.2) is 0 Å². The minimum atomic E-state index is 0.114. The van der Waals surface area contributed by atoms with E-state index in [2.05, 4.69) is 36.2 Å². The molecule has 0 bridgehead atoms. The molecule has 0 saturated heterocycles. The Hall–Kier alpha value is -1.89. The SMILES string of the molecule is CCOc1nc(N)nc(Nc2ccccc2Br)n1. The van der Waals surface area contributed by atoms with Crippen LogP contribution in [-0.4, -0.2) is 21.6 Å². The van der Waals surface area contributed by atoms with Gasteiger partial charge in [0.2, 0.25) is 11.9 Å². The van der Waals surface area contributed by atoms with Crippen LogP contribution in [0.5, 0.6) is 6.01 Å². The maximum atomic E-state index is 5.59. The fourth-order valence-electron chi connectivity index (χ4n) is 1.30. The minimum absolute atomic E-state index is 0.114. The highest BCUT2D eigenvalue weighted by atomic mass is 79.9. The molecular formula is C11H12BrN5O. The van der Waals surface area contributed by atoms with Crippen molar-refractivity contribution in [3.8, 4) is 6.01 Å². The highest BCUT2D eigenvalue weighted by Gasteiger charge is 2.06. The summed E-state index contributed by atoms with van der Waals surface area (Å²) in [4.78, 5) is 12.0. The lowest BCUT2D eigenvalue weighted by Crippen LogP contribution is -2.06. The zero-order chi connectivity index (χ0) is 13.0. The average Bonchev–Trinajstić information content (AvgIpc) is 2.32. The molecule has 2 rings (SSSR count). The number of aromatic nitrogens is 3. The van der Waals surface area contributed by atoms with Crippen molar-refractivity contribution in [3.63, 3.8) is 0 Å². The number of nitrogens with zero attached hydrogens (tertiary/aromatic N) is 3. The molecule has 1 aromatic heterocycles. The molecular weight excluding hydrogens is 298 g/mol. The molecule has 2 aromatic rings. The van der Waals surface area contributed by atoms with Crippen molar-refractivity contribution >= 4 is 33.5 Å². The topological polar surface area (TPSA) is 86.0 Å². The molecule has 0 fully saturated rings. The molecule has 0 saturated carbocycles. The summed E-state index contributed by atoms with van der Waals surface area (Å²) < 4.78 is 6.11. The van der Waals surface area contributed by atoms with E-state index in [1.165, 1.54) is 0 Å². The summed E-state index contributed by atoms with van der Waals surface area (Å²) in [6.45, 7) is 2.32. The Balaban J connectivity index is 2.26. The third-order valence-electron chi connectivity index (χ3n) is 2.03. The molecule has 1 aromatic carbocycles. The molecule has 0 aliphatic rings. The van der Waals surface area contributed by atoms with E-state index >= 15 is 0 Å². The van der Waals surface area contributed by atoms with E-state index < -0.39 is 0 Å². The number of para-hydroxylation sites is 1. The maximum absolute atomic E-state index is 5.59. The number of halogens is 1.